The number of nitrogens with two attached hydrogens (primary N) is 1. The molecule has 98 valence electrons. The summed E-state index contributed by atoms with van der Waals surface area (Å²) in [4.78, 5) is 13.9. The number of carbonyl (C=O) groups is 1. The van der Waals surface area contributed by atoms with E-state index in [1.54, 1.807) is 11.0 Å². The Kier molecular flexibility index (Phi) is 4.02. The first-order chi connectivity index (χ1) is 8.49. The third-order valence-corrected chi connectivity index (χ3v) is 3.91. The van der Waals surface area contributed by atoms with E-state index in [1.165, 1.54) is 12.1 Å². The van der Waals surface area contributed by atoms with Crippen molar-refractivity contribution in [2.45, 2.75) is 19.4 Å². The lowest BCUT2D eigenvalue weighted by Crippen LogP contribution is -2.33. The first-order valence-electron chi connectivity index (χ1n) is 5.99. The number of likely N-dealkylation sites (tertiary alicyclic amines) is 1. The molecular weight excluding hydrogens is 299 g/mol. The van der Waals surface area contributed by atoms with E-state index in [4.69, 9.17) is 5.73 Å². The summed E-state index contributed by atoms with van der Waals surface area (Å²) in [7, 11) is 0. The lowest BCUT2D eigenvalue weighted by atomic mass is 10.0. The van der Waals surface area contributed by atoms with E-state index in [0.717, 1.165) is 6.42 Å². The van der Waals surface area contributed by atoms with Crippen molar-refractivity contribution in [3.63, 3.8) is 0 Å². The van der Waals surface area contributed by atoms with Crippen molar-refractivity contribution < 1.29 is 9.18 Å². The van der Waals surface area contributed by atoms with Crippen LogP contribution in [0, 0.1) is 11.7 Å². The van der Waals surface area contributed by atoms with Gasteiger partial charge in [0.2, 0.25) is 0 Å². The Hall–Kier alpha value is -0.940. The molecule has 0 saturated carbocycles. The predicted molar refractivity (Wildman–Crippen MR) is 71.8 cm³/mol. The molecule has 2 unspecified atom stereocenters. The second-order valence-corrected chi connectivity index (χ2v) is 5.70. The second kappa shape index (κ2) is 5.36. The van der Waals surface area contributed by atoms with Crippen LogP contribution in [0.3, 0.4) is 0 Å². The third-order valence-electron chi connectivity index (χ3n) is 3.41. The zero-order valence-corrected chi connectivity index (χ0v) is 11.8. The van der Waals surface area contributed by atoms with E-state index in [0.29, 0.717) is 23.5 Å². The van der Waals surface area contributed by atoms with Crippen LogP contribution in [-0.4, -0.2) is 29.9 Å². The molecule has 1 aromatic carbocycles. The predicted octanol–water partition coefficient (Wildman–Crippen LogP) is 2.40. The molecule has 2 rings (SSSR count). The first kappa shape index (κ1) is 13.5. The van der Waals surface area contributed by atoms with E-state index in [1.807, 2.05) is 6.92 Å². The van der Waals surface area contributed by atoms with Crippen molar-refractivity contribution >= 4 is 21.8 Å². The van der Waals surface area contributed by atoms with Gasteiger partial charge in [-0.3, -0.25) is 4.79 Å². The van der Waals surface area contributed by atoms with Gasteiger partial charge in [-0.25, -0.2) is 4.39 Å². The number of benzene rings is 1. The highest BCUT2D eigenvalue weighted by atomic mass is 79.9. The Balaban J connectivity index is 2.15. The molecule has 18 heavy (non-hydrogen) atoms. The maximum atomic E-state index is 13.6. The monoisotopic (exact) mass is 314 g/mol. The zero-order valence-electron chi connectivity index (χ0n) is 10.2. The summed E-state index contributed by atoms with van der Waals surface area (Å²) in [6.45, 7) is 3.21. The van der Waals surface area contributed by atoms with Crippen LogP contribution >= 0.6 is 15.9 Å². The van der Waals surface area contributed by atoms with Crippen LogP contribution in [0.5, 0.6) is 0 Å². The number of hydrogen-bond acceptors (Lipinski definition) is 2. The summed E-state index contributed by atoms with van der Waals surface area (Å²) in [5.74, 6) is -0.423. The van der Waals surface area contributed by atoms with Gasteiger partial charge in [0.1, 0.15) is 5.82 Å². The molecule has 3 nitrogen and oxygen atoms in total. The molecule has 2 atom stereocenters. The summed E-state index contributed by atoms with van der Waals surface area (Å²) in [5.41, 5.74) is 5.95. The molecule has 0 aromatic heterocycles. The number of halogens is 2. The molecule has 1 heterocycles. The van der Waals surface area contributed by atoms with Crippen molar-refractivity contribution in [1.29, 1.82) is 0 Å². The fourth-order valence-electron chi connectivity index (χ4n) is 2.23. The van der Waals surface area contributed by atoms with Gasteiger partial charge in [0, 0.05) is 23.6 Å². The normalized spacial score (nSPS) is 21.1. The number of carbonyl (C=O) groups excluding carboxylic acids is 1. The van der Waals surface area contributed by atoms with E-state index < -0.39 is 5.82 Å². The summed E-state index contributed by atoms with van der Waals surface area (Å²) >= 11 is 3.25. The topological polar surface area (TPSA) is 46.3 Å². The van der Waals surface area contributed by atoms with Crippen molar-refractivity contribution in [1.82, 2.24) is 4.90 Å². The Labute approximate surface area is 114 Å². The van der Waals surface area contributed by atoms with Gasteiger partial charge in [-0.05, 0) is 37.5 Å². The SMILES string of the molecule is CC(N)C1CCN(C(=O)c2cc(Br)ccc2F)C1. The Morgan fingerprint density at radius 1 is 1.61 bits per heavy atom. The second-order valence-electron chi connectivity index (χ2n) is 4.78. The van der Waals surface area contributed by atoms with Crippen LogP contribution in [0.4, 0.5) is 4.39 Å². The Bertz CT molecular complexity index is 464. The summed E-state index contributed by atoms with van der Waals surface area (Å²) in [6, 6.07) is 4.48. The molecular formula is C13H16BrFN2O. The molecule has 0 spiro atoms. The van der Waals surface area contributed by atoms with Crippen molar-refractivity contribution in [3.05, 3.63) is 34.1 Å². The highest BCUT2D eigenvalue weighted by Crippen LogP contribution is 2.23. The standard InChI is InChI=1S/C13H16BrFN2O/c1-8(16)9-4-5-17(7-9)13(18)11-6-10(14)2-3-12(11)15/h2-3,6,8-9H,4-5,7,16H2,1H3. The molecule has 1 aliphatic rings. The van der Waals surface area contributed by atoms with Crippen LogP contribution in [0.2, 0.25) is 0 Å². The van der Waals surface area contributed by atoms with Gasteiger partial charge in [0.15, 0.2) is 0 Å². The van der Waals surface area contributed by atoms with Gasteiger partial charge in [-0.15, -0.1) is 0 Å². The molecule has 1 saturated heterocycles. The number of amides is 1. The largest absolute Gasteiger partial charge is 0.338 e. The minimum Gasteiger partial charge on any atom is -0.338 e. The Morgan fingerprint density at radius 2 is 2.33 bits per heavy atom. The molecule has 1 aliphatic heterocycles. The summed E-state index contributed by atoms with van der Waals surface area (Å²) in [5, 5.41) is 0. The van der Waals surface area contributed by atoms with Gasteiger partial charge in [0.05, 0.1) is 5.56 Å². The van der Waals surface area contributed by atoms with Gasteiger partial charge in [0.25, 0.3) is 5.91 Å². The van der Waals surface area contributed by atoms with E-state index in [9.17, 15) is 9.18 Å². The zero-order chi connectivity index (χ0) is 13.3. The average molecular weight is 315 g/mol. The number of rotatable bonds is 2. The molecule has 1 amide bonds. The molecule has 0 bridgehead atoms. The highest BCUT2D eigenvalue weighted by Gasteiger charge is 2.30. The van der Waals surface area contributed by atoms with Gasteiger partial charge < -0.3 is 10.6 Å². The minimum absolute atomic E-state index is 0.0650. The van der Waals surface area contributed by atoms with Gasteiger partial charge >= 0.3 is 0 Å². The third kappa shape index (κ3) is 2.72. The van der Waals surface area contributed by atoms with Crippen LogP contribution < -0.4 is 5.73 Å². The van der Waals surface area contributed by atoms with E-state index in [2.05, 4.69) is 15.9 Å². The van der Waals surface area contributed by atoms with E-state index in [-0.39, 0.29) is 17.5 Å². The Morgan fingerprint density at radius 3 is 2.94 bits per heavy atom. The maximum Gasteiger partial charge on any atom is 0.256 e. The summed E-state index contributed by atoms with van der Waals surface area (Å²) in [6.07, 6.45) is 0.888. The lowest BCUT2D eigenvalue weighted by molar-refractivity contribution is 0.0781. The van der Waals surface area contributed by atoms with Crippen LogP contribution in [0.25, 0.3) is 0 Å². The molecule has 0 radical (unpaired) electrons. The summed E-state index contributed by atoms with van der Waals surface area (Å²) < 4.78 is 14.3. The quantitative estimate of drug-likeness (QED) is 0.911. The van der Waals surface area contributed by atoms with Gasteiger partial charge in [-0.2, -0.15) is 0 Å². The molecule has 5 heteroatoms. The first-order valence-corrected chi connectivity index (χ1v) is 6.78. The molecule has 1 fully saturated rings. The molecule has 0 aliphatic carbocycles. The molecule has 2 N–H and O–H groups in total. The van der Waals surface area contributed by atoms with Crippen molar-refractivity contribution in [2.75, 3.05) is 13.1 Å². The van der Waals surface area contributed by atoms with Crippen LogP contribution in [0.15, 0.2) is 22.7 Å². The number of hydrogen-bond donors (Lipinski definition) is 1. The maximum absolute atomic E-state index is 13.6. The van der Waals surface area contributed by atoms with Gasteiger partial charge in [-0.1, -0.05) is 15.9 Å². The van der Waals surface area contributed by atoms with Crippen molar-refractivity contribution in [2.24, 2.45) is 11.7 Å². The lowest BCUT2D eigenvalue weighted by Gasteiger charge is -2.18. The fourth-order valence-corrected chi connectivity index (χ4v) is 2.59. The smallest absolute Gasteiger partial charge is 0.256 e. The highest BCUT2D eigenvalue weighted by molar-refractivity contribution is 9.10. The molecule has 1 aromatic rings. The van der Waals surface area contributed by atoms with Crippen LogP contribution in [0.1, 0.15) is 23.7 Å². The number of nitrogens with zero attached hydrogens (tertiary/aromatic N) is 1. The van der Waals surface area contributed by atoms with Crippen LogP contribution in [-0.2, 0) is 0 Å². The average Bonchev–Trinajstić information content (AvgIpc) is 2.81. The van der Waals surface area contributed by atoms with Crippen molar-refractivity contribution in [3.8, 4) is 0 Å². The van der Waals surface area contributed by atoms with E-state index >= 15 is 0 Å². The minimum atomic E-state index is -0.479. The fraction of sp³-hybridized carbons (Fsp3) is 0.462.